The summed E-state index contributed by atoms with van der Waals surface area (Å²) in [6, 6.07) is 0.156. The zero-order valence-corrected chi connectivity index (χ0v) is 12.3. The number of piperidine rings is 1. The van der Waals surface area contributed by atoms with Gasteiger partial charge in [0.15, 0.2) is 6.10 Å². The van der Waals surface area contributed by atoms with Crippen LogP contribution in [0.4, 0.5) is 0 Å². The Hall–Kier alpha value is -0.650. The van der Waals surface area contributed by atoms with Gasteiger partial charge in [0.05, 0.1) is 7.11 Å². The smallest absolute Gasteiger partial charge is 0.336 e. The van der Waals surface area contributed by atoms with Gasteiger partial charge in [-0.25, -0.2) is 4.79 Å². The minimum Gasteiger partial charge on any atom is -0.467 e. The van der Waals surface area contributed by atoms with Gasteiger partial charge in [-0.05, 0) is 47.5 Å². The molecule has 0 amide bonds. The van der Waals surface area contributed by atoms with Gasteiger partial charge in [-0.3, -0.25) is 4.84 Å². The zero-order chi connectivity index (χ0) is 14.1. The average Bonchev–Trinajstić information content (AvgIpc) is 2.20. The Balaban J connectivity index is 2.86. The summed E-state index contributed by atoms with van der Waals surface area (Å²) in [5, 5.41) is 1.91. The molecule has 0 radical (unpaired) electrons. The van der Waals surface area contributed by atoms with Gasteiger partial charge in [0, 0.05) is 17.1 Å². The predicted octanol–water partition coefficient (Wildman–Crippen LogP) is 1.46. The highest BCUT2D eigenvalue weighted by atomic mass is 16.7. The first-order chi connectivity index (χ1) is 8.10. The number of nitrogens with two attached hydrogens (primary N) is 1. The van der Waals surface area contributed by atoms with E-state index < -0.39 is 6.10 Å². The average molecular weight is 258 g/mol. The Kier molecular flexibility index (Phi) is 4.41. The van der Waals surface area contributed by atoms with E-state index >= 15 is 0 Å². The molecule has 5 heteroatoms. The molecular weight excluding hydrogens is 232 g/mol. The van der Waals surface area contributed by atoms with Gasteiger partial charge >= 0.3 is 5.97 Å². The molecule has 0 saturated carbocycles. The highest BCUT2D eigenvalue weighted by Gasteiger charge is 2.46. The first-order valence-electron chi connectivity index (χ1n) is 6.40. The Morgan fingerprint density at radius 2 is 1.72 bits per heavy atom. The fraction of sp³-hybridized carbons (Fsp3) is 0.923. The number of hydrogen-bond donors (Lipinski definition) is 1. The van der Waals surface area contributed by atoms with Crippen molar-refractivity contribution in [3.8, 4) is 0 Å². The molecule has 1 rings (SSSR count). The van der Waals surface area contributed by atoms with E-state index in [0.29, 0.717) is 0 Å². The second kappa shape index (κ2) is 5.15. The van der Waals surface area contributed by atoms with Crippen molar-refractivity contribution in [3.63, 3.8) is 0 Å². The minimum absolute atomic E-state index is 0.156. The fourth-order valence-electron chi connectivity index (χ4n) is 2.99. The third-order valence-electron chi connectivity index (χ3n) is 3.42. The molecule has 1 aliphatic rings. The Morgan fingerprint density at radius 1 is 1.28 bits per heavy atom. The number of carbonyl (C=O) groups excluding carboxylic acids is 1. The van der Waals surface area contributed by atoms with Gasteiger partial charge in [0.2, 0.25) is 0 Å². The summed E-state index contributed by atoms with van der Waals surface area (Å²) in [5.74, 6) is -0.364. The summed E-state index contributed by atoms with van der Waals surface area (Å²) in [4.78, 5) is 17.3. The molecule has 0 aliphatic carbocycles. The molecule has 1 aliphatic heterocycles. The Bertz CT molecular complexity index is 297. The summed E-state index contributed by atoms with van der Waals surface area (Å²) in [5.41, 5.74) is 5.68. The number of esters is 1. The van der Waals surface area contributed by atoms with Crippen LogP contribution >= 0.6 is 0 Å². The minimum atomic E-state index is -0.608. The summed E-state index contributed by atoms with van der Waals surface area (Å²) in [7, 11) is 1.37. The molecule has 1 atom stereocenters. The van der Waals surface area contributed by atoms with Crippen LogP contribution in [0.3, 0.4) is 0 Å². The van der Waals surface area contributed by atoms with Crippen molar-refractivity contribution in [2.75, 3.05) is 7.11 Å². The van der Waals surface area contributed by atoms with Gasteiger partial charge < -0.3 is 10.5 Å². The topological polar surface area (TPSA) is 64.8 Å². The molecule has 1 unspecified atom stereocenters. The van der Waals surface area contributed by atoms with Crippen LogP contribution in [0.25, 0.3) is 0 Å². The summed E-state index contributed by atoms with van der Waals surface area (Å²) in [6.45, 7) is 10.0. The van der Waals surface area contributed by atoms with Crippen molar-refractivity contribution in [1.82, 2.24) is 5.06 Å². The van der Waals surface area contributed by atoms with Crippen LogP contribution in [0.15, 0.2) is 0 Å². The maximum Gasteiger partial charge on any atom is 0.336 e. The normalized spacial score (nSPS) is 25.7. The molecule has 0 aromatic heterocycles. The van der Waals surface area contributed by atoms with Crippen molar-refractivity contribution >= 4 is 5.97 Å². The number of nitrogens with zero attached hydrogens (tertiary/aromatic N) is 1. The standard InChI is InChI=1S/C13H26N2O3/c1-9(11(16)17-6)18-15-12(2,3)7-10(14)8-13(15,4)5/h9-10H,7-8,14H2,1-6H3. The second-order valence-electron chi connectivity index (χ2n) is 6.36. The number of hydrogen-bond acceptors (Lipinski definition) is 5. The van der Waals surface area contributed by atoms with Crippen LogP contribution < -0.4 is 5.73 Å². The summed E-state index contributed by atoms with van der Waals surface area (Å²) in [6.07, 6.45) is 1.07. The maximum absolute atomic E-state index is 11.5. The molecular formula is C13H26N2O3. The van der Waals surface area contributed by atoms with Gasteiger partial charge in [0.1, 0.15) is 0 Å². The number of carbonyl (C=O) groups is 1. The van der Waals surface area contributed by atoms with E-state index in [1.54, 1.807) is 6.92 Å². The van der Waals surface area contributed by atoms with E-state index in [1.807, 2.05) is 5.06 Å². The van der Waals surface area contributed by atoms with Crippen LogP contribution in [-0.4, -0.2) is 41.4 Å². The van der Waals surface area contributed by atoms with Gasteiger partial charge in [-0.15, -0.1) is 0 Å². The third kappa shape index (κ3) is 3.22. The van der Waals surface area contributed by atoms with E-state index in [0.717, 1.165) is 12.8 Å². The van der Waals surface area contributed by atoms with Crippen molar-refractivity contribution < 1.29 is 14.4 Å². The number of hydroxylamine groups is 2. The zero-order valence-electron chi connectivity index (χ0n) is 12.3. The van der Waals surface area contributed by atoms with Crippen LogP contribution in [0.1, 0.15) is 47.5 Å². The molecule has 1 heterocycles. The Morgan fingerprint density at radius 3 is 2.11 bits per heavy atom. The largest absolute Gasteiger partial charge is 0.467 e. The van der Waals surface area contributed by atoms with E-state index in [1.165, 1.54) is 7.11 Å². The van der Waals surface area contributed by atoms with Crippen LogP contribution in [-0.2, 0) is 14.4 Å². The van der Waals surface area contributed by atoms with E-state index in [-0.39, 0.29) is 23.1 Å². The lowest BCUT2D eigenvalue weighted by Crippen LogP contribution is -2.64. The summed E-state index contributed by atoms with van der Waals surface area (Å²) >= 11 is 0. The highest BCUT2D eigenvalue weighted by molar-refractivity contribution is 5.73. The molecule has 18 heavy (non-hydrogen) atoms. The second-order valence-corrected chi connectivity index (χ2v) is 6.36. The van der Waals surface area contributed by atoms with Crippen LogP contribution in [0.5, 0.6) is 0 Å². The molecule has 0 aromatic carbocycles. The lowest BCUT2D eigenvalue weighted by atomic mass is 9.79. The van der Waals surface area contributed by atoms with E-state index in [2.05, 4.69) is 27.7 Å². The van der Waals surface area contributed by atoms with Gasteiger partial charge in [-0.1, -0.05) is 0 Å². The predicted molar refractivity (Wildman–Crippen MR) is 69.8 cm³/mol. The molecule has 106 valence electrons. The Labute approximate surface area is 110 Å². The maximum atomic E-state index is 11.5. The molecule has 1 saturated heterocycles. The number of ether oxygens (including phenoxy) is 1. The molecule has 0 aromatic rings. The summed E-state index contributed by atoms with van der Waals surface area (Å²) < 4.78 is 4.70. The first kappa shape index (κ1) is 15.4. The first-order valence-corrected chi connectivity index (χ1v) is 6.40. The monoisotopic (exact) mass is 258 g/mol. The lowest BCUT2D eigenvalue weighted by molar-refractivity contribution is -0.301. The quantitative estimate of drug-likeness (QED) is 0.776. The van der Waals surface area contributed by atoms with Crippen molar-refractivity contribution in [2.24, 2.45) is 5.73 Å². The molecule has 1 fully saturated rings. The third-order valence-corrected chi connectivity index (χ3v) is 3.42. The van der Waals surface area contributed by atoms with E-state index in [4.69, 9.17) is 15.3 Å². The molecule has 2 N–H and O–H groups in total. The lowest BCUT2D eigenvalue weighted by Gasteiger charge is -2.53. The number of methoxy groups -OCH3 is 1. The molecule has 0 bridgehead atoms. The molecule has 5 nitrogen and oxygen atoms in total. The van der Waals surface area contributed by atoms with Crippen molar-refractivity contribution in [2.45, 2.75) is 70.7 Å². The van der Waals surface area contributed by atoms with E-state index in [9.17, 15) is 4.79 Å². The van der Waals surface area contributed by atoms with Gasteiger partial charge in [0.25, 0.3) is 0 Å². The van der Waals surface area contributed by atoms with Crippen molar-refractivity contribution in [1.29, 1.82) is 0 Å². The van der Waals surface area contributed by atoms with Crippen LogP contribution in [0, 0.1) is 0 Å². The van der Waals surface area contributed by atoms with Crippen LogP contribution in [0.2, 0.25) is 0 Å². The highest BCUT2D eigenvalue weighted by Crippen LogP contribution is 2.38. The van der Waals surface area contributed by atoms with Gasteiger partial charge in [-0.2, -0.15) is 5.06 Å². The number of rotatable bonds is 3. The molecule has 0 spiro atoms. The SMILES string of the molecule is COC(=O)C(C)ON1C(C)(C)CC(N)CC1(C)C. The fourth-order valence-corrected chi connectivity index (χ4v) is 2.99. The van der Waals surface area contributed by atoms with Crippen molar-refractivity contribution in [3.05, 3.63) is 0 Å².